The van der Waals surface area contributed by atoms with Crippen LogP contribution in [0, 0.1) is 0 Å². The summed E-state index contributed by atoms with van der Waals surface area (Å²) < 4.78 is 23.9. The van der Waals surface area contributed by atoms with Gasteiger partial charge in [0.05, 0.1) is 11.9 Å². The molecule has 0 bridgehead atoms. The third-order valence-electron chi connectivity index (χ3n) is 1.98. The molecule has 1 aromatic heterocycles. The van der Waals surface area contributed by atoms with Crippen LogP contribution in [0.1, 0.15) is 6.42 Å². The van der Waals surface area contributed by atoms with E-state index in [0.29, 0.717) is 31.0 Å². The third-order valence-corrected chi connectivity index (χ3v) is 2.71. The predicted molar refractivity (Wildman–Crippen MR) is 69.0 cm³/mol. The Bertz CT molecular complexity index is 474. The van der Waals surface area contributed by atoms with Gasteiger partial charge in [0.2, 0.25) is 10.0 Å². The van der Waals surface area contributed by atoms with Crippen LogP contribution in [0.3, 0.4) is 0 Å². The van der Waals surface area contributed by atoms with Crippen molar-refractivity contribution in [3.8, 4) is 0 Å². The third kappa shape index (κ3) is 5.36. The molecule has 0 amide bonds. The number of nitrogens with two attached hydrogens (primary N) is 2. The normalized spacial score (nSPS) is 11.4. The van der Waals surface area contributed by atoms with Gasteiger partial charge in [-0.15, -0.1) is 0 Å². The van der Waals surface area contributed by atoms with Crippen molar-refractivity contribution in [3.63, 3.8) is 0 Å². The molecule has 0 fully saturated rings. The molecule has 0 spiro atoms. The molecule has 0 aliphatic rings. The van der Waals surface area contributed by atoms with E-state index in [1.807, 2.05) is 0 Å². The molecule has 0 atom stereocenters. The molecule has 0 saturated heterocycles. The number of pyridine rings is 1. The van der Waals surface area contributed by atoms with E-state index < -0.39 is 10.0 Å². The van der Waals surface area contributed by atoms with Crippen LogP contribution in [-0.2, 0) is 10.0 Å². The summed E-state index contributed by atoms with van der Waals surface area (Å²) in [6, 6.07) is 3.38. The second-order valence-electron chi connectivity index (χ2n) is 3.62. The average molecular weight is 259 g/mol. The summed E-state index contributed by atoms with van der Waals surface area (Å²) in [5.41, 5.74) is 11.5. The van der Waals surface area contributed by atoms with Crippen molar-refractivity contribution < 1.29 is 8.42 Å². The van der Waals surface area contributed by atoms with E-state index in [1.54, 1.807) is 12.1 Å². The SMILES string of the molecule is CS(=O)(=O)NCCCNc1ccc(N)c(N)n1. The molecule has 0 radical (unpaired) electrons. The summed E-state index contributed by atoms with van der Waals surface area (Å²) in [7, 11) is -3.11. The van der Waals surface area contributed by atoms with Crippen LogP contribution in [0.5, 0.6) is 0 Å². The minimum atomic E-state index is -3.11. The molecular weight excluding hydrogens is 242 g/mol. The molecule has 17 heavy (non-hydrogen) atoms. The molecule has 1 heterocycles. The first-order chi connectivity index (χ1) is 7.88. The summed E-state index contributed by atoms with van der Waals surface area (Å²) in [6.45, 7) is 0.981. The van der Waals surface area contributed by atoms with E-state index in [4.69, 9.17) is 11.5 Å². The van der Waals surface area contributed by atoms with E-state index in [1.165, 1.54) is 0 Å². The Hall–Kier alpha value is -1.54. The lowest BCUT2D eigenvalue weighted by Crippen LogP contribution is -2.24. The Morgan fingerprint density at radius 1 is 1.29 bits per heavy atom. The lowest BCUT2D eigenvalue weighted by atomic mass is 10.3. The van der Waals surface area contributed by atoms with Crippen LogP contribution >= 0.6 is 0 Å². The fourth-order valence-electron chi connectivity index (χ4n) is 1.15. The largest absolute Gasteiger partial charge is 0.396 e. The highest BCUT2D eigenvalue weighted by Gasteiger charge is 2.00. The topological polar surface area (TPSA) is 123 Å². The van der Waals surface area contributed by atoms with Gasteiger partial charge in [-0.2, -0.15) is 0 Å². The molecule has 1 rings (SSSR count). The van der Waals surface area contributed by atoms with E-state index in [0.717, 1.165) is 6.26 Å². The Morgan fingerprint density at radius 3 is 2.59 bits per heavy atom. The number of hydrogen-bond donors (Lipinski definition) is 4. The molecule has 0 unspecified atom stereocenters. The Kier molecular flexibility index (Phi) is 4.53. The number of nitrogens with zero attached hydrogens (tertiary/aromatic N) is 1. The summed E-state index contributed by atoms with van der Waals surface area (Å²) in [5.74, 6) is 0.903. The lowest BCUT2D eigenvalue weighted by molar-refractivity contribution is 0.586. The first-order valence-electron chi connectivity index (χ1n) is 5.09. The van der Waals surface area contributed by atoms with Gasteiger partial charge in [0.15, 0.2) is 0 Å². The molecule has 0 aliphatic heterocycles. The smallest absolute Gasteiger partial charge is 0.208 e. The fourth-order valence-corrected chi connectivity index (χ4v) is 1.66. The van der Waals surface area contributed by atoms with Gasteiger partial charge in [-0.05, 0) is 18.6 Å². The maximum Gasteiger partial charge on any atom is 0.208 e. The minimum absolute atomic E-state index is 0.282. The molecule has 0 saturated carbocycles. The Labute approximate surface area is 101 Å². The van der Waals surface area contributed by atoms with Gasteiger partial charge in [-0.1, -0.05) is 0 Å². The maximum absolute atomic E-state index is 10.8. The molecular formula is C9H17N5O2S. The highest BCUT2D eigenvalue weighted by Crippen LogP contribution is 2.14. The zero-order valence-corrected chi connectivity index (χ0v) is 10.4. The van der Waals surface area contributed by atoms with Crippen LogP contribution in [0.4, 0.5) is 17.3 Å². The molecule has 96 valence electrons. The van der Waals surface area contributed by atoms with Gasteiger partial charge in [0.1, 0.15) is 11.6 Å². The van der Waals surface area contributed by atoms with Gasteiger partial charge >= 0.3 is 0 Å². The maximum atomic E-state index is 10.8. The van der Waals surface area contributed by atoms with E-state index >= 15 is 0 Å². The van der Waals surface area contributed by atoms with Gasteiger partial charge in [-0.3, -0.25) is 0 Å². The number of nitrogens with one attached hydrogen (secondary N) is 2. The molecule has 6 N–H and O–H groups in total. The van der Waals surface area contributed by atoms with Gasteiger partial charge in [0, 0.05) is 13.1 Å². The molecule has 7 nitrogen and oxygen atoms in total. The summed E-state index contributed by atoms with van der Waals surface area (Å²) in [5, 5.41) is 3.02. The number of rotatable bonds is 6. The first-order valence-corrected chi connectivity index (χ1v) is 6.98. The highest BCUT2D eigenvalue weighted by molar-refractivity contribution is 7.88. The van der Waals surface area contributed by atoms with Crippen molar-refractivity contribution in [2.75, 3.05) is 36.1 Å². The van der Waals surface area contributed by atoms with Crippen molar-refractivity contribution in [2.45, 2.75) is 6.42 Å². The first kappa shape index (κ1) is 13.5. The van der Waals surface area contributed by atoms with Crippen LogP contribution in [0.2, 0.25) is 0 Å². The lowest BCUT2D eigenvalue weighted by Gasteiger charge is -2.07. The number of aromatic nitrogens is 1. The number of sulfonamides is 1. The highest BCUT2D eigenvalue weighted by atomic mass is 32.2. The van der Waals surface area contributed by atoms with Crippen LogP contribution in [0.25, 0.3) is 0 Å². The average Bonchev–Trinajstić information content (AvgIpc) is 2.21. The number of anilines is 3. The van der Waals surface area contributed by atoms with E-state index in [9.17, 15) is 8.42 Å². The summed E-state index contributed by atoms with van der Waals surface area (Å²) in [4.78, 5) is 4.02. The van der Waals surface area contributed by atoms with Crippen molar-refractivity contribution in [3.05, 3.63) is 12.1 Å². The van der Waals surface area contributed by atoms with E-state index in [2.05, 4.69) is 15.0 Å². The van der Waals surface area contributed by atoms with Crippen molar-refractivity contribution >= 4 is 27.3 Å². The van der Waals surface area contributed by atoms with Crippen molar-refractivity contribution in [1.29, 1.82) is 0 Å². The van der Waals surface area contributed by atoms with Crippen LogP contribution in [-0.4, -0.2) is 32.7 Å². The summed E-state index contributed by atoms with van der Waals surface area (Å²) >= 11 is 0. The zero-order valence-electron chi connectivity index (χ0n) is 9.60. The molecule has 1 aromatic rings. The number of hydrogen-bond acceptors (Lipinski definition) is 6. The van der Waals surface area contributed by atoms with Crippen LogP contribution < -0.4 is 21.5 Å². The minimum Gasteiger partial charge on any atom is -0.396 e. The van der Waals surface area contributed by atoms with Crippen molar-refractivity contribution in [1.82, 2.24) is 9.71 Å². The molecule has 8 heteroatoms. The second-order valence-corrected chi connectivity index (χ2v) is 5.45. The van der Waals surface area contributed by atoms with Crippen molar-refractivity contribution in [2.24, 2.45) is 0 Å². The monoisotopic (exact) mass is 259 g/mol. The van der Waals surface area contributed by atoms with Gasteiger partial charge < -0.3 is 16.8 Å². The zero-order chi connectivity index (χ0) is 12.9. The predicted octanol–water partition coefficient (Wildman–Crippen LogP) is -0.403. The van der Waals surface area contributed by atoms with Crippen LogP contribution in [0.15, 0.2) is 12.1 Å². The molecule has 0 aromatic carbocycles. The van der Waals surface area contributed by atoms with Gasteiger partial charge in [-0.25, -0.2) is 18.1 Å². The van der Waals surface area contributed by atoms with E-state index in [-0.39, 0.29) is 5.82 Å². The molecule has 0 aliphatic carbocycles. The fraction of sp³-hybridized carbons (Fsp3) is 0.444. The Morgan fingerprint density at radius 2 is 2.00 bits per heavy atom. The standard InChI is InChI=1S/C9H17N5O2S/c1-17(15,16)13-6-2-5-12-8-4-3-7(10)9(11)14-8/h3-4,13H,2,5-6,10H2,1H3,(H3,11,12,14). The Balaban J connectivity index is 2.29. The summed E-state index contributed by atoms with van der Waals surface area (Å²) in [6.07, 6.45) is 1.78. The van der Waals surface area contributed by atoms with Gasteiger partial charge in [0.25, 0.3) is 0 Å². The number of nitrogen functional groups attached to an aromatic ring is 2. The second kappa shape index (κ2) is 5.69. The quantitative estimate of drug-likeness (QED) is 0.515.